The van der Waals surface area contributed by atoms with Crippen molar-refractivity contribution in [1.29, 1.82) is 0 Å². The summed E-state index contributed by atoms with van der Waals surface area (Å²) < 4.78 is 0. The van der Waals surface area contributed by atoms with Crippen LogP contribution < -0.4 is 10.6 Å². The van der Waals surface area contributed by atoms with Gasteiger partial charge >= 0.3 is 0 Å². The Morgan fingerprint density at radius 3 is 2.48 bits per heavy atom. The molecule has 1 aromatic heterocycles. The Hall–Kier alpha value is -3.73. The van der Waals surface area contributed by atoms with Crippen LogP contribution >= 0.6 is 0 Å². The van der Waals surface area contributed by atoms with Gasteiger partial charge < -0.3 is 10.6 Å². The van der Waals surface area contributed by atoms with E-state index in [1.807, 2.05) is 37.3 Å². The van der Waals surface area contributed by atoms with Gasteiger partial charge in [-0.2, -0.15) is 0 Å². The number of carbonyl (C=O) groups is 2. The van der Waals surface area contributed by atoms with E-state index < -0.39 is 5.91 Å². The van der Waals surface area contributed by atoms with Gasteiger partial charge in [0.2, 0.25) is 0 Å². The molecular formula is C22H19N3O2. The number of benzene rings is 2. The zero-order valence-electron chi connectivity index (χ0n) is 14.8. The fourth-order valence-electron chi connectivity index (χ4n) is 2.49. The number of pyridine rings is 1. The zero-order valence-corrected chi connectivity index (χ0v) is 14.8. The Balaban J connectivity index is 1.86. The van der Waals surface area contributed by atoms with E-state index in [9.17, 15) is 9.59 Å². The third-order valence-corrected chi connectivity index (χ3v) is 3.80. The van der Waals surface area contributed by atoms with Crippen molar-refractivity contribution in [3.63, 3.8) is 0 Å². The number of rotatable bonds is 5. The lowest BCUT2D eigenvalue weighted by molar-refractivity contribution is -0.113. The van der Waals surface area contributed by atoms with Crippen molar-refractivity contribution in [3.05, 3.63) is 102 Å². The van der Waals surface area contributed by atoms with Gasteiger partial charge in [0.1, 0.15) is 5.70 Å². The molecule has 0 saturated heterocycles. The molecule has 2 amide bonds. The minimum Gasteiger partial charge on any atom is -0.321 e. The third-order valence-electron chi connectivity index (χ3n) is 3.80. The molecule has 0 atom stereocenters. The average molecular weight is 357 g/mol. The minimum absolute atomic E-state index is 0.137. The number of anilines is 1. The molecule has 134 valence electrons. The first kappa shape index (κ1) is 18.1. The molecule has 0 radical (unpaired) electrons. The van der Waals surface area contributed by atoms with Gasteiger partial charge in [0.25, 0.3) is 11.8 Å². The first-order valence-corrected chi connectivity index (χ1v) is 8.48. The molecule has 0 aliphatic heterocycles. The van der Waals surface area contributed by atoms with Gasteiger partial charge in [0.05, 0.1) is 0 Å². The van der Waals surface area contributed by atoms with Gasteiger partial charge in [0, 0.05) is 23.6 Å². The van der Waals surface area contributed by atoms with Crippen LogP contribution in [-0.2, 0) is 4.79 Å². The second kappa shape index (κ2) is 8.58. The van der Waals surface area contributed by atoms with Crippen molar-refractivity contribution in [2.75, 3.05) is 5.32 Å². The number of aromatic nitrogens is 1. The Morgan fingerprint density at radius 2 is 1.78 bits per heavy atom. The van der Waals surface area contributed by atoms with Crippen molar-refractivity contribution in [3.8, 4) is 0 Å². The topological polar surface area (TPSA) is 71.1 Å². The van der Waals surface area contributed by atoms with Crippen LogP contribution in [0.4, 0.5) is 5.69 Å². The molecule has 0 unspecified atom stereocenters. The molecular weight excluding hydrogens is 338 g/mol. The molecule has 3 aromatic rings. The molecule has 0 bridgehead atoms. The van der Waals surface area contributed by atoms with E-state index in [2.05, 4.69) is 15.6 Å². The molecule has 0 spiro atoms. The second-order valence-corrected chi connectivity index (χ2v) is 5.99. The maximum absolute atomic E-state index is 12.8. The fraction of sp³-hybridized carbons (Fsp3) is 0.0455. The Kier molecular flexibility index (Phi) is 5.74. The molecule has 2 aromatic carbocycles. The highest BCUT2D eigenvalue weighted by molar-refractivity contribution is 6.10. The summed E-state index contributed by atoms with van der Waals surface area (Å²) in [5.41, 5.74) is 3.00. The summed E-state index contributed by atoms with van der Waals surface area (Å²) in [6.45, 7) is 1.94. The standard InChI is InChI=1S/C22H19N3O2/c1-16-7-5-11-19(13-16)24-22(27)20(14-17-8-6-12-23-15-17)25-21(26)18-9-3-2-4-10-18/h2-15H,1H3,(H,24,27)(H,25,26)/b20-14+. The van der Waals surface area contributed by atoms with E-state index >= 15 is 0 Å². The molecule has 5 heteroatoms. The number of hydrogen-bond donors (Lipinski definition) is 2. The monoisotopic (exact) mass is 357 g/mol. The maximum Gasteiger partial charge on any atom is 0.272 e. The Labute approximate surface area is 157 Å². The van der Waals surface area contributed by atoms with E-state index in [0.29, 0.717) is 16.8 Å². The lowest BCUT2D eigenvalue weighted by Crippen LogP contribution is -2.30. The second-order valence-electron chi connectivity index (χ2n) is 5.99. The normalized spacial score (nSPS) is 10.9. The summed E-state index contributed by atoms with van der Waals surface area (Å²) in [5, 5.41) is 5.52. The summed E-state index contributed by atoms with van der Waals surface area (Å²) in [7, 11) is 0. The summed E-state index contributed by atoms with van der Waals surface area (Å²) in [4.78, 5) is 29.3. The van der Waals surface area contributed by atoms with Crippen LogP contribution in [0.1, 0.15) is 21.5 Å². The maximum atomic E-state index is 12.8. The Bertz CT molecular complexity index is 967. The van der Waals surface area contributed by atoms with Crippen molar-refractivity contribution < 1.29 is 9.59 Å². The zero-order chi connectivity index (χ0) is 19.1. The lowest BCUT2D eigenvalue weighted by atomic mass is 10.2. The smallest absolute Gasteiger partial charge is 0.272 e. The molecule has 0 saturated carbocycles. The molecule has 1 heterocycles. The predicted molar refractivity (Wildman–Crippen MR) is 106 cm³/mol. The van der Waals surface area contributed by atoms with E-state index in [4.69, 9.17) is 0 Å². The van der Waals surface area contributed by atoms with E-state index in [1.165, 1.54) is 0 Å². The van der Waals surface area contributed by atoms with Crippen molar-refractivity contribution in [2.24, 2.45) is 0 Å². The van der Waals surface area contributed by atoms with Crippen LogP contribution in [0.2, 0.25) is 0 Å². The summed E-state index contributed by atoms with van der Waals surface area (Å²) >= 11 is 0. The van der Waals surface area contributed by atoms with E-state index in [-0.39, 0.29) is 11.6 Å². The number of amides is 2. The van der Waals surface area contributed by atoms with Gasteiger partial charge in [-0.3, -0.25) is 14.6 Å². The van der Waals surface area contributed by atoms with Crippen LogP contribution in [0.5, 0.6) is 0 Å². The third kappa shape index (κ3) is 5.12. The van der Waals surface area contributed by atoms with E-state index in [1.54, 1.807) is 54.9 Å². The van der Waals surface area contributed by atoms with Gasteiger partial charge in [-0.1, -0.05) is 36.4 Å². The summed E-state index contributed by atoms with van der Waals surface area (Å²) in [6.07, 6.45) is 4.86. The van der Waals surface area contributed by atoms with E-state index in [0.717, 1.165) is 5.56 Å². The largest absolute Gasteiger partial charge is 0.321 e. The molecule has 0 fully saturated rings. The predicted octanol–water partition coefficient (Wildman–Crippen LogP) is 3.80. The fourth-order valence-corrected chi connectivity index (χ4v) is 2.49. The van der Waals surface area contributed by atoms with Gasteiger partial charge in [-0.15, -0.1) is 0 Å². The highest BCUT2D eigenvalue weighted by Crippen LogP contribution is 2.12. The quantitative estimate of drug-likeness (QED) is 0.682. The first-order valence-electron chi connectivity index (χ1n) is 8.48. The molecule has 27 heavy (non-hydrogen) atoms. The minimum atomic E-state index is -0.409. The molecule has 2 N–H and O–H groups in total. The lowest BCUT2D eigenvalue weighted by Gasteiger charge is -2.11. The average Bonchev–Trinajstić information content (AvgIpc) is 2.69. The highest BCUT2D eigenvalue weighted by atomic mass is 16.2. The van der Waals surface area contributed by atoms with Gasteiger partial charge in [-0.25, -0.2) is 0 Å². The summed E-state index contributed by atoms with van der Waals surface area (Å²) in [5.74, 6) is -0.765. The Morgan fingerprint density at radius 1 is 0.963 bits per heavy atom. The van der Waals surface area contributed by atoms with Gasteiger partial charge in [0.15, 0.2) is 0 Å². The highest BCUT2D eigenvalue weighted by Gasteiger charge is 2.15. The number of nitrogens with zero attached hydrogens (tertiary/aromatic N) is 1. The van der Waals surface area contributed by atoms with Gasteiger partial charge in [-0.05, 0) is 54.5 Å². The van der Waals surface area contributed by atoms with Crippen LogP contribution in [0.15, 0.2) is 84.8 Å². The molecule has 0 aliphatic rings. The number of carbonyl (C=O) groups excluding carboxylic acids is 2. The van der Waals surface area contributed by atoms with Crippen molar-refractivity contribution in [2.45, 2.75) is 6.92 Å². The molecule has 3 rings (SSSR count). The van der Waals surface area contributed by atoms with Crippen LogP contribution in [0, 0.1) is 6.92 Å². The summed E-state index contributed by atoms with van der Waals surface area (Å²) in [6, 6.07) is 19.8. The molecule has 5 nitrogen and oxygen atoms in total. The van der Waals surface area contributed by atoms with Crippen molar-refractivity contribution in [1.82, 2.24) is 10.3 Å². The van der Waals surface area contributed by atoms with Crippen LogP contribution in [-0.4, -0.2) is 16.8 Å². The number of hydrogen-bond acceptors (Lipinski definition) is 3. The molecule has 0 aliphatic carbocycles. The van der Waals surface area contributed by atoms with Crippen LogP contribution in [0.25, 0.3) is 6.08 Å². The van der Waals surface area contributed by atoms with Crippen molar-refractivity contribution >= 4 is 23.6 Å². The van der Waals surface area contributed by atoms with Crippen LogP contribution in [0.3, 0.4) is 0 Å². The number of aryl methyl sites for hydroxylation is 1. The number of nitrogens with one attached hydrogen (secondary N) is 2. The SMILES string of the molecule is Cc1cccc(NC(=O)/C(=C\c2cccnc2)NC(=O)c2ccccc2)c1. The first-order chi connectivity index (χ1) is 13.1.